The largest absolute Gasteiger partial charge is 0.368 e. The molecule has 0 saturated carbocycles. The summed E-state index contributed by atoms with van der Waals surface area (Å²) in [6.45, 7) is 3.49. The second-order valence-electron chi connectivity index (χ2n) is 6.17. The number of rotatable bonds is 4. The monoisotopic (exact) mass is 316 g/mol. The number of primary amides is 1. The first-order valence-corrected chi connectivity index (χ1v) is 7.85. The van der Waals surface area contributed by atoms with Crippen molar-refractivity contribution in [2.75, 3.05) is 13.1 Å². The minimum absolute atomic E-state index is 0.274. The molecule has 122 valence electrons. The number of hydrogen-bond acceptors (Lipinski definition) is 3. The van der Waals surface area contributed by atoms with Gasteiger partial charge in [0.2, 0.25) is 5.91 Å². The van der Waals surface area contributed by atoms with E-state index >= 15 is 0 Å². The number of benzene rings is 1. The zero-order valence-electron chi connectivity index (χ0n) is 13.1. The molecule has 2 heterocycles. The number of halogens is 1. The van der Waals surface area contributed by atoms with Crippen LogP contribution >= 0.6 is 0 Å². The number of aromatic amines is 1. The van der Waals surface area contributed by atoms with Gasteiger partial charge in [-0.15, -0.1) is 0 Å². The molecule has 2 atom stereocenters. The number of carbonyl (C=O) groups excluding carboxylic acids is 1. The number of nitrogens with two attached hydrogens (primary N) is 1. The lowest BCUT2D eigenvalue weighted by Gasteiger charge is -2.36. The lowest BCUT2D eigenvalue weighted by atomic mass is 9.92. The highest BCUT2D eigenvalue weighted by atomic mass is 19.1. The van der Waals surface area contributed by atoms with Gasteiger partial charge in [-0.3, -0.25) is 14.8 Å². The van der Waals surface area contributed by atoms with Gasteiger partial charge < -0.3 is 5.73 Å². The third-order valence-corrected chi connectivity index (χ3v) is 4.42. The number of aromatic nitrogens is 2. The highest BCUT2D eigenvalue weighted by Gasteiger charge is 2.31. The van der Waals surface area contributed by atoms with Gasteiger partial charge in [0, 0.05) is 18.2 Å². The van der Waals surface area contributed by atoms with E-state index in [1.165, 1.54) is 12.1 Å². The van der Waals surface area contributed by atoms with E-state index in [1.54, 1.807) is 12.1 Å². The van der Waals surface area contributed by atoms with Crippen LogP contribution in [0.2, 0.25) is 0 Å². The smallest absolute Gasteiger partial charge is 0.239 e. The lowest BCUT2D eigenvalue weighted by Crippen LogP contribution is -2.43. The van der Waals surface area contributed by atoms with Gasteiger partial charge in [-0.2, -0.15) is 5.10 Å². The molecule has 0 unspecified atom stereocenters. The maximum absolute atomic E-state index is 13.1. The molecule has 5 nitrogen and oxygen atoms in total. The Kier molecular flexibility index (Phi) is 4.43. The lowest BCUT2D eigenvalue weighted by molar-refractivity contribution is -0.124. The van der Waals surface area contributed by atoms with Crippen molar-refractivity contribution in [3.63, 3.8) is 0 Å². The van der Waals surface area contributed by atoms with Crippen molar-refractivity contribution in [3.05, 3.63) is 53.1 Å². The summed E-state index contributed by atoms with van der Waals surface area (Å²) in [7, 11) is 0. The summed E-state index contributed by atoms with van der Waals surface area (Å²) in [5.41, 5.74) is 8.42. The fourth-order valence-corrected chi connectivity index (χ4v) is 3.33. The third-order valence-electron chi connectivity index (χ3n) is 4.42. The Morgan fingerprint density at radius 1 is 1.43 bits per heavy atom. The van der Waals surface area contributed by atoms with Crippen molar-refractivity contribution in [2.24, 2.45) is 5.73 Å². The molecule has 1 aliphatic heterocycles. The van der Waals surface area contributed by atoms with Gasteiger partial charge in [-0.25, -0.2) is 4.39 Å². The van der Waals surface area contributed by atoms with Crippen molar-refractivity contribution in [3.8, 4) is 0 Å². The topological polar surface area (TPSA) is 75.0 Å². The molecule has 1 fully saturated rings. The average Bonchev–Trinajstić information content (AvgIpc) is 2.96. The van der Waals surface area contributed by atoms with Crippen LogP contribution in [0.1, 0.15) is 41.8 Å². The van der Waals surface area contributed by atoms with E-state index in [9.17, 15) is 9.18 Å². The summed E-state index contributed by atoms with van der Waals surface area (Å²) in [6.07, 6.45) is 2.01. The van der Waals surface area contributed by atoms with Gasteiger partial charge in [0.05, 0.1) is 5.69 Å². The highest BCUT2D eigenvalue weighted by Crippen LogP contribution is 2.31. The molecule has 23 heavy (non-hydrogen) atoms. The van der Waals surface area contributed by atoms with Crippen molar-refractivity contribution in [1.29, 1.82) is 0 Å². The molecule has 0 radical (unpaired) electrons. The molecule has 1 saturated heterocycles. The summed E-state index contributed by atoms with van der Waals surface area (Å²) in [4.78, 5) is 14.1. The summed E-state index contributed by atoms with van der Waals surface area (Å²) in [5, 5.41) is 7.31. The van der Waals surface area contributed by atoms with Crippen molar-refractivity contribution in [2.45, 2.75) is 31.7 Å². The first-order valence-electron chi connectivity index (χ1n) is 7.85. The number of likely N-dealkylation sites (tertiary alicyclic amines) is 1. The Balaban J connectivity index is 1.82. The van der Waals surface area contributed by atoms with E-state index < -0.39 is 11.9 Å². The van der Waals surface area contributed by atoms with E-state index in [-0.39, 0.29) is 11.7 Å². The van der Waals surface area contributed by atoms with Crippen LogP contribution in [-0.2, 0) is 4.79 Å². The summed E-state index contributed by atoms with van der Waals surface area (Å²) in [5.74, 6) is -0.452. The number of amides is 1. The van der Waals surface area contributed by atoms with Crippen molar-refractivity contribution < 1.29 is 9.18 Å². The Hall–Kier alpha value is -2.21. The second kappa shape index (κ2) is 6.50. The molecule has 2 aromatic rings. The molecule has 1 aromatic heterocycles. The van der Waals surface area contributed by atoms with Crippen LogP contribution in [0.5, 0.6) is 0 Å². The van der Waals surface area contributed by atoms with Gasteiger partial charge in [-0.1, -0.05) is 12.1 Å². The summed E-state index contributed by atoms with van der Waals surface area (Å²) >= 11 is 0. The van der Waals surface area contributed by atoms with Gasteiger partial charge in [0.15, 0.2) is 0 Å². The number of nitrogens with zero attached hydrogens (tertiary/aromatic N) is 2. The number of carbonyl (C=O) groups is 1. The number of H-pyrrole nitrogens is 1. The standard InChI is InChI=1S/C17H21FN4O/c1-11-9-15(21-20-11)13-3-2-8-22(10-13)16(17(19)23)12-4-6-14(18)7-5-12/h4-7,9,13,16H,2-3,8,10H2,1H3,(H2,19,23)(H,20,21)/t13-,16+/m1/s1. The molecule has 0 bridgehead atoms. The zero-order valence-corrected chi connectivity index (χ0v) is 13.1. The van der Waals surface area contributed by atoms with E-state index in [4.69, 9.17) is 5.73 Å². The van der Waals surface area contributed by atoms with E-state index in [2.05, 4.69) is 15.1 Å². The predicted molar refractivity (Wildman–Crippen MR) is 85.2 cm³/mol. The molecular formula is C17H21FN4O. The first kappa shape index (κ1) is 15.7. The zero-order chi connectivity index (χ0) is 16.4. The van der Waals surface area contributed by atoms with Crippen molar-refractivity contribution >= 4 is 5.91 Å². The number of aryl methyl sites for hydroxylation is 1. The molecule has 1 aromatic carbocycles. The fourth-order valence-electron chi connectivity index (χ4n) is 3.33. The highest BCUT2D eigenvalue weighted by molar-refractivity contribution is 5.81. The Labute approximate surface area is 134 Å². The molecule has 3 N–H and O–H groups in total. The van der Waals surface area contributed by atoms with Gasteiger partial charge in [0.25, 0.3) is 0 Å². The number of piperidine rings is 1. The minimum atomic E-state index is -0.529. The predicted octanol–water partition coefficient (Wildman–Crippen LogP) is 2.26. The van der Waals surface area contributed by atoms with E-state index in [1.807, 2.05) is 13.0 Å². The number of nitrogens with one attached hydrogen (secondary N) is 1. The van der Waals surface area contributed by atoms with E-state index in [0.29, 0.717) is 0 Å². The van der Waals surface area contributed by atoms with Gasteiger partial charge >= 0.3 is 0 Å². The van der Waals surface area contributed by atoms with Crippen LogP contribution in [0.4, 0.5) is 4.39 Å². The van der Waals surface area contributed by atoms with Crippen LogP contribution in [0.15, 0.2) is 30.3 Å². The number of hydrogen-bond donors (Lipinski definition) is 2. The summed E-state index contributed by atoms with van der Waals surface area (Å²) < 4.78 is 13.1. The van der Waals surface area contributed by atoms with Gasteiger partial charge in [-0.05, 0) is 50.1 Å². The Morgan fingerprint density at radius 2 is 2.17 bits per heavy atom. The maximum Gasteiger partial charge on any atom is 0.239 e. The Morgan fingerprint density at radius 3 is 2.78 bits per heavy atom. The molecule has 1 aliphatic rings. The van der Waals surface area contributed by atoms with Crippen LogP contribution in [0, 0.1) is 12.7 Å². The van der Waals surface area contributed by atoms with Crippen LogP contribution in [0.25, 0.3) is 0 Å². The van der Waals surface area contributed by atoms with Crippen LogP contribution in [0.3, 0.4) is 0 Å². The molecule has 0 spiro atoms. The molecule has 1 amide bonds. The molecule has 0 aliphatic carbocycles. The SMILES string of the molecule is Cc1cc([C@@H]2CCCN([C@H](C(N)=O)c3ccc(F)cc3)C2)n[nH]1. The third kappa shape index (κ3) is 3.42. The molecule has 6 heteroatoms. The van der Waals surface area contributed by atoms with Crippen molar-refractivity contribution in [1.82, 2.24) is 15.1 Å². The van der Waals surface area contributed by atoms with Crippen LogP contribution < -0.4 is 5.73 Å². The maximum atomic E-state index is 13.1. The minimum Gasteiger partial charge on any atom is -0.368 e. The normalized spacial score (nSPS) is 20.3. The molecular weight excluding hydrogens is 295 g/mol. The Bertz CT molecular complexity index is 682. The quantitative estimate of drug-likeness (QED) is 0.908. The van der Waals surface area contributed by atoms with Gasteiger partial charge in [0.1, 0.15) is 11.9 Å². The fraction of sp³-hybridized carbons (Fsp3) is 0.412. The molecule has 3 rings (SSSR count). The average molecular weight is 316 g/mol. The summed E-state index contributed by atoms with van der Waals surface area (Å²) in [6, 6.07) is 7.51. The second-order valence-corrected chi connectivity index (χ2v) is 6.17. The first-order chi connectivity index (χ1) is 11.0. The van der Waals surface area contributed by atoms with E-state index in [0.717, 1.165) is 42.9 Å². The van der Waals surface area contributed by atoms with Crippen LogP contribution in [-0.4, -0.2) is 34.1 Å².